The maximum Gasteiger partial charge on any atom is 0.247 e. The number of aromatic nitrogens is 4. The van der Waals surface area contributed by atoms with Crippen LogP contribution < -0.4 is 5.32 Å². The van der Waals surface area contributed by atoms with E-state index >= 15 is 0 Å². The number of carbonyl (C=O) groups excluding carboxylic acids is 2. The predicted molar refractivity (Wildman–Crippen MR) is 96.6 cm³/mol. The molecular weight excluding hydrogens is 352 g/mol. The number of nitrogens with one attached hydrogen (secondary N) is 1. The largest absolute Gasteiger partial charge is 0.330 e. The Balaban J connectivity index is 1.35. The first kappa shape index (κ1) is 17.0. The van der Waals surface area contributed by atoms with Crippen molar-refractivity contribution in [3.05, 3.63) is 30.3 Å². The monoisotopic (exact) mass is 372 g/mol. The summed E-state index contributed by atoms with van der Waals surface area (Å²) in [6.45, 7) is 0.611. The van der Waals surface area contributed by atoms with Crippen molar-refractivity contribution in [2.45, 2.75) is 42.9 Å². The summed E-state index contributed by atoms with van der Waals surface area (Å²) in [6, 6.07) is 9.27. The molecule has 1 N–H and O–H groups in total. The molecule has 2 amide bonds. The zero-order valence-corrected chi connectivity index (χ0v) is 15.1. The third kappa shape index (κ3) is 3.72. The highest BCUT2D eigenvalue weighted by molar-refractivity contribution is 7.99. The third-order valence-corrected chi connectivity index (χ3v) is 5.52. The van der Waals surface area contributed by atoms with Crippen molar-refractivity contribution in [1.82, 2.24) is 25.1 Å². The van der Waals surface area contributed by atoms with Gasteiger partial charge in [0.2, 0.25) is 17.0 Å². The second kappa shape index (κ2) is 7.45. The Morgan fingerprint density at radius 1 is 1.19 bits per heavy atom. The molecule has 1 aliphatic heterocycles. The molecule has 0 radical (unpaired) electrons. The van der Waals surface area contributed by atoms with E-state index in [1.54, 1.807) is 9.58 Å². The van der Waals surface area contributed by atoms with E-state index in [2.05, 4.69) is 20.8 Å². The Bertz CT molecular complexity index is 792. The molecule has 1 aromatic heterocycles. The van der Waals surface area contributed by atoms with Crippen LogP contribution in [0.25, 0.3) is 0 Å². The van der Waals surface area contributed by atoms with Crippen LogP contribution in [0.15, 0.2) is 35.5 Å². The van der Waals surface area contributed by atoms with Gasteiger partial charge in [-0.25, -0.2) is 4.68 Å². The highest BCUT2D eigenvalue weighted by Gasteiger charge is 2.34. The number of hydrogen-bond acceptors (Lipinski definition) is 6. The van der Waals surface area contributed by atoms with Gasteiger partial charge in [0, 0.05) is 12.2 Å². The van der Waals surface area contributed by atoms with Crippen molar-refractivity contribution in [3.63, 3.8) is 0 Å². The van der Waals surface area contributed by atoms with Gasteiger partial charge in [-0.1, -0.05) is 30.0 Å². The van der Waals surface area contributed by atoms with Gasteiger partial charge in [0.25, 0.3) is 0 Å². The van der Waals surface area contributed by atoms with Crippen LogP contribution in [0.4, 0.5) is 5.69 Å². The van der Waals surface area contributed by atoms with Crippen LogP contribution in [0.5, 0.6) is 0 Å². The topological polar surface area (TPSA) is 93.0 Å². The quantitative estimate of drug-likeness (QED) is 0.776. The van der Waals surface area contributed by atoms with Crippen molar-refractivity contribution in [2.24, 2.45) is 0 Å². The molecular formula is C17H20N6O2S. The van der Waals surface area contributed by atoms with Crippen LogP contribution in [-0.4, -0.2) is 55.3 Å². The van der Waals surface area contributed by atoms with Crippen molar-refractivity contribution in [3.8, 4) is 0 Å². The molecule has 2 aliphatic rings. The molecule has 4 rings (SSSR count). The number of para-hydroxylation sites is 1. The maximum absolute atomic E-state index is 12.7. The first-order chi connectivity index (χ1) is 12.7. The smallest absolute Gasteiger partial charge is 0.247 e. The third-order valence-electron chi connectivity index (χ3n) is 4.60. The number of benzene rings is 1. The van der Waals surface area contributed by atoms with E-state index in [0.29, 0.717) is 24.2 Å². The molecule has 136 valence electrons. The van der Waals surface area contributed by atoms with Gasteiger partial charge in [-0.3, -0.25) is 9.59 Å². The van der Waals surface area contributed by atoms with E-state index in [1.807, 2.05) is 30.3 Å². The van der Waals surface area contributed by atoms with Crippen molar-refractivity contribution < 1.29 is 9.59 Å². The first-order valence-corrected chi connectivity index (χ1v) is 9.77. The number of likely N-dealkylation sites (tertiary alicyclic amines) is 1. The van der Waals surface area contributed by atoms with Gasteiger partial charge < -0.3 is 10.2 Å². The number of thioether (sulfide) groups is 1. The fraction of sp³-hybridized carbons (Fsp3) is 0.471. The van der Waals surface area contributed by atoms with Gasteiger partial charge in [0.1, 0.15) is 6.04 Å². The highest BCUT2D eigenvalue weighted by atomic mass is 32.2. The molecule has 2 heterocycles. The van der Waals surface area contributed by atoms with Crippen LogP contribution in [-0.2, 0) is 9.59 Å². The minimum Gasteiger partial charge on any atom is -0.330 e. The fourth-order valence-electron chi connectivity index (χ4n) is 3.12. The number of hydrogen-bond donors (Lipinski definition) is 1. The summed E-state index contributed by atoms with van der Waals surface area (Å²) >= 11 is 1.34. The van der Waals surface area contributed by atoms with Gasteiger partial charge in [0.15, 0.2) is 0 Å². The van der Waals surface area contributed by atoms with Gasteiger partial charge >= 0.3 is 0 Å². The maximum atomic E-state index is 12.7. The lowest BCUT2D eigenvalue weighted by Gasteiger charge is -2.23. The van der Waals surface area contributed by atoms with Gasteiger partial charge in [-0.15, -0.1) is 5.10 Å². The summed E-state index contributed by atoms with van der Waals surface area (Å²) in [7, 11) is 0. The Hall–Kier alpha value is -2.42. The first-order valence-electron chi connectivity index (χ1n) is 8.78. The number of carbonyl (C=O) groups is 2. The lowest BCUT2D eigenvalue weighted by atomic mass is 10.2. The van der Waals surface area contributed by atoms with E-state index in [-0.39, 0.29) is 17.6 Å². The summed E-state index contributed by atoms with van der Waals surface area (Å²) in [5.41, 5.74) is 0.745. The zero-order chi connectivity index (χ0) is 17.9. The average molecular weight is 372 g/mol. The highest BCUT2D eigenvalue weighted by Crippen LogP contribution is 2.36. The second-order valence-electron chi connectivity index (χ2n) is 6.53. The Morgan fingerprint density at radius 2 is 2.00 bits per heavy atom. The van der Waals surface area contributed by atoms with Crippen molar-refractivity contribution in [2.75, 3.05) is 17.6 Å². The number of tetrazole rings is 1. The molecule has 1 unspecified atom stereocenters. The fourth-order valence-corrected chi connectivity index (χ4v) is 3.95. The molecule has 26 heavy (non-hydrogen) atoms. The van der Waals surface area contributed by atoms with Gasteiger partial charge in [-0.05, 0) is 48.2 Å². The zero-order valence-electron chi connectivity index (χ0n) is 14.2. The van der Waals surface area contributed by atoms with E-state index < -0.39 is 6.04 Å². The minimum absolute atomic E-state index is 0.0499. The van der Waals surface area contributed by atoms with Crippen LogP contribution in [0.1, 0.15) is 31.7 Å². The van der Waals surface area contributed by atoms with Crippen LogP contribution >= 0.6 is 11.8 Å². The molecule has 2 aromatic rings. The summed E-state index contributed by atoms with van der Waals surface area (Å²) in [5.74, 6) is 0.0586. The number of rotatable bonds is 6. The molecule has 2 fully saturated rings. The van der Waals surface area contributed by atoms with Crippen molar-refractivity contribution >= 4 is 29.3 Å². The van der Waals surface area contributed by atoms with E-state index in [1.165, 1.54) is 11.8 Å². The van der Waals surface area contributed by atoms with Gasteiger partial charge in [-0.2, -0.15) is 0 Å². The minimum atomic E-state index is -0.414. The summed E-state index contributed by atoms with van der Waals surface area (Å²) in [5, 5.41) is 15.3. The van der Waals surface area contributed by atoms with Crippen LogP contribution in [0.3, 0.4) is 0 Å². The van der Waals surface area contributed by atoms with Crippen LogP contribution in [0.2, 0.25) is 0 Å². The molecule has 0 bridgehead atoms. The lowest BCUT2D eigenvalue weighted by Crippen LogP contribution is -2.44. The summed E-state index contributed by atoms with van der Waals surface area (Å²) in [4.78, 5) is 26.9. The number of amides is 2. The normalized spacial score (nSPS) is 19.5. The Kier molecular flexibility index (Phi) is 4.87. The number of anilines is 1. The van der Waals surface area contributed by atoms with E-state index in [4.69, 9.17) is 0 Å². The summed E-state index contributed by atoms with van der Waals surface area (Å²) in [6.07, 6.45) is 3.69. The molecule has 0 spiro atoms. The molecule has 1 aliphatic carbocycles. The van der Waals surface area contributed by atoms with Crippen molar-refractivity contribution in [1.29, 1.82) is 0 Å². The standard InChI is InChI=1S/C17H20N6O2S/c24-15(11-26-17-19-20-21-23(17)13-8-9-13)22-10-4-7-14(22)16(25)18-12-5-2-1-3-6-12/h1-3,5-6,13-14H,4,7-11H2,(H,18,25). The molecule has 9 heteroatoms. The molecule has 1 saturated heterocycles. The second-order valence-corrected chi connectivity index (χ2v) is 7.47. The van der Waals surface area contributed by atoms with E-state index in [9.17, 15) is 9.59 Å². The molecule has 1 aromatic carbocycles. The average Bonchev–Trinajstić information content (AvgIpc) is 3.19. The predicted octanol–water partition coefficient (Wildman–Crippen LogP) is 1.73. The Morgan fingerprint density at radius 3 is 2.77 bits per heavy atom. The lowest BCUT2D eigenvalue weighted by molar-refractivity contribution is -0.134. The Labute approximate surface area is 155 Å². The van der Waals surface area contributed by atoms with Crippen LogP contribution in [0, 0.1) is 0 Å². The molecule has 1 atom stereocenters. The molecule has 8 nitrogen and oxygen atoms in total. The number of nitrogens with zero attached hydrogens (tertiary/aromatic N) is 5. The molecule has 1 saturated carbocycles. The SMILES string of the molecule is O=C(Nc1ccccc1)C1CCCN1C(=O)CSc1nnnn1C1CC1. The van der Waals surface area contributed by atoms with E-state index in [0.717, 1.165) is 24.9 Å². The summed E-state index contributed by atoms with van der Waals surface area (Å²) < 4.78 is 1.79. The van der Waals surface area contributed by atoms with Gasteiger partial charge in [0.05, 0.1) is 11.8 Å².